The van der Waals surface area contributed by atoms with Crippen molar-refractivity contribution in [2.24, 2.45) is 0 Å². The van der Waals surface area contributed by atoms with Crippen molar-refractivity contribution >= 4 is 21.2 Å². The van der Waals surface area contributed by atoms with Crippen LogP contribution in [0.1, 0.15) is 6.92 Å². The van der Waals surface area contributed by atoms with E-state index in [4.69, 9.17) is 15.3 Å². The molecule has 110 valence electrons. The van der Waals surface area contributed by atoms with E-state index in [0.29, 0.717) is 5.70 Å². The molecule has 0 saturated heterocycles. The van der Waals surface area contributed by atoms with Crippen LogP contribution in [0.5, 0.6) is 0 Å². The second-order valence-electron chi connectivity index (χ2n) is 4.05. The number of carbonyl (C=O) groups excluding carboxylic acids is 1. The predicted molar refractivity (Wildman–Crippen MR) is 73.5 cm³/mol. The summed E-state index contributed by atoms with van der Waals surface area (Å²) in [5.41, 5.74) is -2.72. The number of halogens is 2. The van der Waals surface area contributed by atoms with Crippen LogP contribution in [0, 0.1) is 5.41 Å². The maximum absolute atomic E-state index is 12.7. The van der Waals surface area contributed by atoms with Crippen molar-refractivity contribution < 1.29 is 23.4 Å². The predicted octanol–water partition coefficient (Wildman–Crippen LogP) is 1.33. The Labute approximate surface area is 117 Å². The van der Waals surface area contributed by atoms with Gasteiger partial charge in [0, 0.05) is 12.4 Å². The number of hydrogen-bond donors (Lipinski definition) is 3. The van der Waals surface area contributed by atoms with Crippen molar-refractivity contribution in [3.05, 3.63) is 35.4 Å². The van der Waals surface area contributed by atoms with Gasteiger partial charge in [-0.05, 0) is 19.1 Å². The molecule has 0 aliphatic carbocycles. The Hall–Kier alpha value is -1.59. The van der Waals surface area contributed by atoms with Crippen molar-refractivity contribution in [2.45, 2.75) is 18.7 Å². The standard InChI is InChI=1S/C12H15F2N2O3P/c1-7(17)9(4-15)10-3-2-8(5-16-10)19-6-11(18)12(13,14)20/h2-5,11,15-16,18H,6,20H2,1H3/b10-9+,15-4?. The number of Topliss-reactive ketones (excluding diaryl/α,β-unsaturated/α-hetero) is 1. The van der Waals surface area contributed by atoms with E-state index < -0.39 is 18.4 Å². The van der Waals surface area contributed by atoms with Gasteiger partial charge in [-0.15, -0.1) is 0 Å². The van der Waals surface area contributed by atoms with E-state index in [2.05, 4.69) is 5.32 Å². The number of ether oxygens (including phenoxy) is 1. The second-order valence-corrected chi connectivity index (χ2v) is 4.82. The highest BCUT2D eigenvalue weighted by Crippen LogP contribution is 2.27. The fraction of sp³-hybridized carbons (Fsp3) is 0.333. The van der Waals surface area contributed by atoms with Gasteiger partial charge in [0.05, 0.1) is 11.3 Å². The zero-order valence-electron chi connectivity index (χ0n) is 10.7. The Bertz CT molecular complexity index is 495. The summed E-state index contributed by atoms with van der Waals surface area (Å²) >= 11 is 0. The molecule has 1 rings (SSSR count). The highest BCUT2D eigenvalue weighted by molar-refractivity contribution is 7.18. The van der Waals surface area contributed by atoms with E-state index in [-0.39, 0.29) is 17.1 Å². The van der Waals surface area contributed by atoms with Crippen molar-refractivity contribution in [3.8, 4) is 0 Å². The zero-order valence-corrected chi connectivity index (χ0v) is 11.8. The van der Waals surface area contributed by atoms with E-state index in [1.54, 1.807) is 0 Å². The van der Waals surface area contributed by atoms with Crippen LogP contribution in [-0.4, -0.2) is 35.5 Å². The summed E-state index contributed by atoms with van der Waals surface area (Å²) in [5, 5.41) is 19.0. The molecule has 0 aromatic rings. The fourth-order valence-corrected chi connectivity index (χ4v) is 1.42. The SMILES string of the molecule is CC(=O)/C(C=N)=C1\C=CC(OCC(O)C(F)(F)P)=CN1. The Balaban J connectivity index is 2.65. The number of aliphatic hydroxyl groups excluding tert-OH is 1. The lowest BCUT2D eigenvalue weighted by atomic mass is 10.1. The van der Waals surface area contributed by atoms with Crippen LogP contribution >= 0.6 is 9.24 Å². The average Bonchev–Trinajstić information content (AvgIpc) is 2.36. The first-order valence-electron chi connectivity index (χ1n) is 5.63. The molecule has 5 nitrogen and oxygen atoms in total. The van der Waals surface area contributed by atoms with Gasteiger partial charge in [-0.2, -0.15) is 8.78 Å². The average molecular weight is 304 g/mol. The van der Waals surface area contributed by atoms with Gasteiger partial charge < -0.3 is 20.6 Å². The minimum Gasteiger partial charge on any atom is -0.489 e. The van der Waals surface area contributed by atoms with E-state index >= 15 is 0 Å². The molecule has 0 fully saturated rings. The van der Waals surface area contributed by atoms with E-state index in [0.717, 1.165) is 6.21 Å². The normalized spacial score (nSPS) is 18.8. The number of aliphatic hydroxyl groups is 1. The first kappa shape index (κ1) is 16.5. The topological polar surface area (TPSA) is 82.4 Å². The summed E-state index contributed by atoms with van der Waals surface area (Å²) in [6.45, 7) is 0.757. The van der Waals surface area contributed by atoms with Crippen LogP contribution in [0.2, 0.25) is 0 Å². The maximum atomic E-state index is 12.7. The Morgan fingerprint density at radius 2 is 2.30 bits per heavy atom. The van der Waals surface area contributed by atoms with Crippen LogP contribution in [0.3, 0.4) is 0 Å². The van der Waals surface area contributed by atoms with Gasteiger partial charge in [0.25, 0.3) is 5.66 Å². The smallest absolute Gasteiger partial charge is 0.287 e. The summed E-state index contributed by atoms with van der Waals surface area (Å²) in [6.07, 6.45) is 3.28. The molecule has 1 aliphatic rings. The molecule has 2 unspecified atom stereocenters. The quantitative estimate of drug-likeness (QED) is 0.393. The minimum atomic E-state index is -3.32. The molecule has 20 heavy (non-hydrogen) atoms. The monoisotopic (exact) mass is 304 g/mol. The van der Waals surface area contributed by atoms with E-state index in [1.165, 1.54) is 34.5 Å². The Morgan fingerprint density at radius 3 is 2.70 bits per heavy atom. The lowest BCUT2D eigenvalue weighted by Crippen LogP contribution is -2.31. The van der Waals surface area contributed by atoms with Crippen molar-refractivity contribution in [1.29, 1.82) is 5.41 Å². The van der Waals surface area contributed by atoms with Gasteiger partial charge in [0.15, 0.2) is 11.9 Å². The van der Waals surface area contributed by atoms with Gasteiger partial charge in [0.1, 0.15) is 12.4 Å². The van der Waals surface area contributed by atoms with Gasteiger partial charge in [-0.25, -0.2) is 0 Å². The van der Waals surface area contributed by atoms with Crippen molar-refractivity contribution in [3.63, 3.8) is 0 Å². The number of carbonyl (C=O) groups is 1. The first-order chi connectivity index (χ1) is 9.25. The highest BCUT2D eigenvalue weighted by atomic mass is 31.0. The molecule has 3 N–H and O–H groups in total. The Kier molecular flexibility index (Phi) is 5.53. The highest BCUT2D eigenvalue weighted by Gasteiger charge is 2.33. The van der Waals surface area contributed by atoms with Crippen LogP contribution in [0.4, 0.5) is 8.78 Å². The summed E-state index contributed by atoms with van der Waals surface area (Å²) in [6, 6.07) is 0. The molecule has 2 atom stereocenters. The number of hydrogen-bond acceptors (Lipinski definition) is 5. The van der Waals surface area contributed by atoms with Gasteiger partial charge >= 0.3 is 0 Å². The van der Waals surface area contributed by atoms with Crippen LogP contribution < -0.4 is 5.32 Å². The molecule has 0 spiro atoms. The molecular formula is C12H15F2N2O3P. The third kappa shape index (κ3) is 4.51. The number of rotatable bonds is 6. The number of dihydropyridines is 1. The molecule has 0 aromatic heterocycles. The van der Waals surface area contributed by atoms with Crippen LogP contribution in [-0.2, 0) is 9.53 Å². The third-order valence-electron chi connectivity index (χ3n) is 2.45. The van der Waals surface area contributed by atoms with E-state index in [9.17, 15) is 13.6 Å². The number of ketones is 1. The lowest BCUT2D eigenvalue weighted by molar-refractivity contribution is -0.113. The third-order valence-corrected chi connectivity index (χ3v) is 2.83. The molecular weight excluding hydrogens is 289 g/mol. The zero-order chi connectivity index (χ0) is 15.3. The summed E-state index contributed by atoms with van der Waals surface area (Å²) < 4.78 is 30.4. The lowest BCUT2D eigenvalue weighted by Gasteiger charge is -2.20. The second kappa shape index (κ2) is 6.72. The van der Waals surface area contributed by atoms with E-state index in [1.807, 2.05) is 0 Å². The number of nitrogens with one attached hydrogen (secondary N) is 2. The van der Waals surface area contributed by atoms with Gasteiger partial charge in [-0.3, -0.25) is 4.79 Å². The molecule has 1 heterocycles. The molecule has 0 radical (unpaired) electrons. The minimum absolute atomic E-state index is 0.188. The molecule has 8 heteroatoms. The maximum Gasteiger partial charge on any atom is 0.287 e. The number of alkyl halides is 2. The summed E-state index contributed by atoms with van der Waals surface area (Å²) in [4.78, 5) is 11.2. The summed E-state index contributed by atoms with van der Waals surface area (Å²) in [5.74, 6) is -0.0436. The Morgan fingerprint density at radius 1 is 1.65 bits per heavy atom. The molecule has 1 aliphatic heterocycles. The van der Waals surface area contributed by atoms with Gasteiger partial charge in [-0.1, -0.05) is 9.24 Å². The van der Waals surface area contributed by atoms with Crippen molar-refractivity contribution in [1.82, 2.24) is 5.32 Å². The van der Waals surface area contributed by atoms with Crippen LogP contribution in [0.15, 0.2) is 35.4 Å². The molecule has 0 aromatic carbocycles. The number of allylic oxidation sites excluding steroid dienone is 3. The first-order valence-corrected chi connectivity index (χ1v) is 6.21. The summed E-state index contributed by atoms with van der Waals surface area (Å²) in [7, 11) is 1.24. The molecule has 0 bridgehead atoms. The largest absolute Gasteiger partial charge is 0.489 e. The van der Waals surface area contributed by atoms with Gasteiger partial charge in [0.2, 0.25) is 0 Å². The fourth-order valence-electron chi connectivity index (χ4n) is 1.32. The van der Waals surface area contributed by atoms with Crippen LogP contribution in [0.25, 0.3) is 0 Å². The molecule has 0 saturated carbocycles. The molecule has 0 amide bonds. The van der Waals surface area contributed by atoms with Crippen molar-refractivity contribution in [2.75, 3.05) is 6.61 Å².